The van der Waals surface area contributed by atoms with Gasteiger partial charge in [-0.25, -0.2) is 0 Å². The first-order chi connectivity index (χ1) is 24.6. The maximum absolute atomic E-state index is 12.2. The summed E-state index contributed by atoms with van der Waals surface area (Å²) in [5.41, 5.74) is 0. The minimum absolute atomic E-state index is 0.0791. The molecule has 0 aromatic heterocycles. The minimum Gasteiger partial charge on any atom is -0.462 e. The van der Waals surface area contributed by atoms with E-state index >= 15 is 0 Å². The molecule has 0 fully saturated rings. The SMILES string of the molecule is CCCCC/C=C/C/C=C/C/C=C/CCCCCCC(=O)O[C@@H](CO)COC(=O)CCCCCCCCCCC/C=C/C/C=C/CCCCC. The molecule has 0 radical (unpaired) electrons. The van der Waals surface area contributed by atoms with Crippen molar-refractivity contribution < 1.29 is 24.2 Å². The van der Waals surface area contributed by atoms with Gasteiger partial charge < -0.3 is 14.6 Å². The highest BCUT2D eigenvalue weighted by atomic mass is 16.6. The first-order valence-corrected chi connectivity index (χ1v) is 20.8. The molecule has 0 heterocycles. The molecule has 1 N–H and O–H groups in total. The van der Waals surface area contributed by atoms with Crippen LogP contribution in [0.25, 0.3) is 0 Å². The highest BCUT2D eigenvalue weighted by molar-refractivity contribution is 5.70. The normalized spacial score (nSPS) is 12.8. The molecule has 5 nitrogen and oxygen atoms in total. The van der Waals surface area contributed by atoms with E-state index in [9.17, 15) is 14.7 Å². The molecule has 0 aromatic rings. The van der Waals surface area contributed by atoms with Gasteiger partial charge in [0.25, 0.3) is 0 Å². The van der Waals surface area contributed by atoms with Crippen LogP contribution in [0, 0.1) is 0 Å². The molecule has 0 bridgehead atoms. The molecule has 0 saturated heterocycles. The molecule has 288 valence electrons. The van der Waals surface area contributed by atoms with E-state index in [0.29, 0.717) is 12.8 Å². The maximum Gasteiger partial charge on any atom is 0.306 e. The summed E-state index contributed by atoms with van der Waals surface area (Å²) in [6, 6.07) is 0. The summed E-state index contributed by atoms with van der Waals surface area (Å²) in [6.45, 7) is 4.06. The highest BCUT2D eigenvalue weighted by Gasteiger charge is 2.16. The Labute approximate surface area is 309 Å². The fraction of sp³-hybridized carbons (Fsp3) is 0.733. The second kappa shape index (κ2) is 41.0. The van der Waals surface area contributed by atoms with E-state index in [1.807, 2.05) is 0 Å². The average Bonchev–Trinajstić information content (AvgIpc) is 3.12. The smallest absolute Gasteiger partial charge is 0.306 e. The topological polar surface area (TPSA) is 72.8 Å². The number of hydrogen-bond acceptors (Lipinski definition) is 5. The molecule has 0 saturated carbocycles. The molecule has 0 rings (SSSR count). The van der Waals surface area contributed by atoms with E-state index in [1.165, 1.54) is 96.3 Å². The van der Waals surface area contributed by atoms with Crippen LogP contribution in [0.4, 0.5) is 0 Å². The van der Waals surface area contributed by atoms with Crippen molar-refractivity contribution in [1.82, 2.24) is 0 Å². The third-order valence-electron chi connectivity index (χ3n) is 8.78. The van der Waals surface area contributed by atoms with Gasteiger partial charge >= 0.3 is 11.9 Å². The van der Waals surface area contributed by atoms with Gasteiger partial charge in [0, 0.05) is 12.8 Å². The lowest BCUT2D eigenvalue weighted by Gasteiger charge is -2.15. The van der Waals surface area contributed by atoms with Crippen LogP contribution in [-0.2, 0) is 19.1 Å². The van der Waals surface area contributed by atoms with Gasteiger partial charge in [-0.1, -0.05) is 158 Å². The van der Waals surface area contributed by atoms with Crippen LogP contribution in [0.1, 0.15) is 194 Å². The fourth-order valence-electron chi connectivity index (χ4n) is 5.59. The zero-order valence-electron chi connectivity index (χ0n) is 32.6. The van der Waals surface area contributed by atoms with E-state index < -0.39 is 6.10 Å². The van der Waals surface area contributed by atoms with Gasteiger partial charge in [0.2, 0.25) is 0 Å². The lowest BCUT2D eigenvalue weighted by molar-refractivity contribution is -0.161. The summed E-state index contributed by atoms with van der Waals surface area (Å²) in [6.07, 6.45) is 52.8. The van der Waals surface area contributed by atoms with Crippen molar-refractivity contribution in [3.8, 4) is 0 Å². The van der Waals surface area contributed by atoms with Crippen LogP contribution in [-0.4, -0.2) is 36.4 Å². The Morgan fingerprint density at radius 3 is 1.20 bits per heavy atom. The molecule has 0 aromatic carbocycles. The van der Waals surface area contributed by atoms with E-state index in [1.54, 1.807) is 0 Å². The Balaban J connectivity index is 3.60. The summed E-state index contributed by atoms with van der Waals surface area (Å²) in [4.78, 5) is 24.3. The molecular formula is C45H78O5. The third-order valence-corrected chi connectivity index (χ3v) is 8.78. The Kier molecular flexibility index (Phi) is 39.1. The number of allylic oxidation sites excluding steroid dienone is 10. The van der Waals surface area contributed by atoms with Gasteiger partial charge in [0.1, 0.15) is 6.61 Å². The zero-order valence-corrected chi connectivity index (χ0v) is 32.6. The summed E-state index contributed by atoms with van der Waals surface area (Å²) in [5.74, 6) is -0.622. The Morgan fingerprint density at radius 1 is 0.460 bits per heavy atom. The highest BCUT2D eigenvalue weighted by Crippen LogP contribution is 2.13. The summed E-state index contributed by atoms with van der Waals surface area (Å²) in [5, 5.41) is 9.57. The standard InChI is InChI=1S/C45H78O5/c1-3-5-7-9-11-13-15-17-19-21-22-24-25-27-29-31-33-35-37-39-44(47)49-42-43(41-46)50-45(48)40-38-36-34-32-30-28-26-23-20-18-16-14-12-10-8-6-4-2/h11-14,17-20,26,28,43,46H,3-10,15-16,21-25,27,29-42H2,1-2H3/b13-11+,14-12+,19-17+,20-18+,28-26+/t43-/m0/s1. The van der Waals surface area contributed by atoms with Crippen molar-refractivity contribution in [3.63, 3.8) is 0 Å². The predicted molar refractivity (Wildman–Crippen MR) is 214 cm³/mol. The van der Waals surface area contributed by atoms with Gasteiger partial charge in [-0.3, -0.25) is 9.59 Å². The second-order valence-electron chi connectivity index (χ2n) is 13.7. The number of hydrogen-bond donors (Lipinski definition) is 1. The number of rotatable bonds is 37. The Hall–Kier alpha value is -2.40. The lowest BCUT2D eigenvalue weighted by Crippen LogP contribution is -2.28. The molecule has 0 spiro atoms. The molecule has 0 unspecified atom stereocenters. The molecule has 5 heteroatoms. The Morgan fingerprint density at radius 2 is 0.800 bits per heavy atom. The number of ether oxygens (including phenoxy) is 2. The lowest BCUT2D eigenvalue weighted by atomic mass is 10.1. The largest absolute Gasteiger partial charge is 0.462 e. The molecule has 0 amide bonds. The van der Waals surface area contributed by atoms with Gasteiger partial charge in [0.15, 0.2) is 6.10 Å². The molecule has 50 heavy (non-hydrogen) atoms. The summed E-state index contributed by atoms with van der Waals surface area (Å²) >= 11 is 0. The first-order valence-electron chi connectivity index (χ1n) is 20.8. The summed E-state index contributed by atoms with van der Waals surface area (Å²) in [7, 11) is 0. The number of unbranched alkanes of at least 4 members (excludes halogenated alkanes) is 19. The third kappa shape index (κ3) is 38.4. The van der Waals surface area contributed by atoms with Crippen LogP contribution in [0.5, 0.6) is 0 Å². The quantitative estimate of drug-likeness (QED) is 0.0397. The van der Waals surface area contributed by atoms with Gasteiger partial charge in [0.05, 0.1) is 6.61 Å². The van der Waals surface area contributed by atoms with Gasteiger partial charge in [-0.05, 0) is 83.5 Å². The van der Waals surface area contributed by atoms with Crippen LogP contribution in [0.15, 0.2) is 60.8 Å². The van der Waals surface area contributed by atoms with Gasteiger partial charge in [-0.2, -0.15) is 0 Å². The van der Waals surface area contributed by atoms with Crippen molar-refractivity contribution >= 4 is 11.9 Å². The van der Waals surface area contributed by atoms with Crippen LogP contribution >= 0.6 is 0 Å². The van der Waals surface area contributed by atoms with Crippen LogP contribution < -0.4 is 0 Å². The monoisotopic (exact) mass is 699 g/mol. The molecule has 0 aliphatic heterocycles. The Bertz CT molecular complexity index is 884. The summed E-state index contributed by atoms with van der Waals surface area (Å²) < 4.78 is 10.6. The van der Waals surface area contributed by atoms with E-state index in [0.717, 1.165) is 70.6 Å². The second-order valence-corrected chi connectivity index (χ2v) is 13.7. The van der Waals surface area contributed by atoms with E-state index in [2.05, 4.69) is 74.6 Å². The predicted octanol–water partition coefficient (Wildman–Crippen LogP) is 13.2. The fourth-order valence-corrected chi connectivity index (χ4v) is 5.59. The number of carbonyl (C=O) groups excluding carboxylic acids is 2. The minimum atomic E-state index is -0.786. The van der Waals surface area contributed by atoms with Gasteiger partial charge in [-0.15, -0.1) is 0 Å². The van der Waals surface area contributed by atoms with Crippen LogP contribution in [0.3, 0.4) is 0 Å². The van der Waals surface area contributed by atoms with Crippen molar-refractivity contribution in [2.75, 3.05) is 13.2 Å². The number of aliphatic hydroxyl groups excluding tert-OH is 1. The maximum atomic E-state index is 12.2. The molecular weight excluding hydrogens is 620 g/mol. The average molecular weight is 699 g/mol. The number of esters is 2. The van der Waals surface area contributed by atoms with E-state index in [-0.39, 0.29) is 25.2 Å². The molecule has 1 atom stereocenters. The van der Waals surface area contributed by atoms with Crippen molar-refractivity contribution in [3.05, 3.63) is 60.8 Å². The van der Waals surface area contributed by atoms with Crippen molar-refractivity contribution in [1.29, 1.82) is 0 Å². The van der Waals surface area contributed by atoms with Crippen molar-refractivity contribution in [2.45, 2.75) is 200 Å². The number of aliphatic hydroxyl groups is 1. The van der Waals surface area contributed by atoms with E-state index in [4.69, 9.17) is 9.47 Å². The van der Waals surface area contributed by atoms with Crippen molar-refractivity contribution in [2.24, 2.45) is 0 Å². The molecule has 0 aliphatic carbocycles. The molecule has 0 aliphatic rings. The number of carbonyl (C=O) groups is 2. The zero-order chi connectivity index (χ0) is 36.4. The van der Waals surface area contributed by atoms with Crippen LogP contribution in [0.2, 0.25) is 0 Å². The first kappa shape index (κ1) is 47.6.